The summed E-state index contributed by atoms with van der Waals surface area (Å²) in [5, 5.41) is 9.15. The minimum atomic E-state index is -5.96. The van der Waals surface area contributed by atoms with E-state index in [9.17, 15) is 31.2 Å². The topological polar surface area (TPSA) is 110 Å². The zero-order valence-corrected chi connectivity index (χ0v) is 12.5. The van der Waals surface area contributed by atoms with E-state index >= 15 is 0 Å². The summed E-state index contributed by atoms with van der Waals surface area (Å²) >= 11 is 0. The van der Waals surface area contributed by atoms with Gasteiger partial charge in [-0.1, -0.05) is 0 Å². The number of nitrogens with zero attached hydrogens (tertiary/aromatic N) is 1. The molecule has 12 heteroatoms. The molecule has 0 spiro atoms. The summed E-state index contributed by atoms with van der Waals surface area (Å²) in [6.45, 7) is 0. The molecule has 0 aromatic heterocycles. The van der Waals surface area contributed by atoms with Gasteiger partial charge in [0.15, 0.2) is 0 Å². The average Bonchev–Trinajstić information content (AvgIpc) is 2.72. The van der Waals surface area contributed by atoms with Crippen molar-refractivity contribution >= 4 is 22.2 Å². The normalized spacial score (nSPS) is 24.6. The van der Waals surface area contributed by atoms with Gasteiger partial charge in [0.25, 0.3) is 0 Å². The van der Waals surface area contributed by atoms with Crippen molar-refractivity contribution in [1.29, 1.82) is 0 Å². The number of hydrogen-bond donors (Lipinski definition) is 1. The minimum Gasteiger partial charge on any atom is -0.466 e. The van der Waals surface area contributed by atoms with Gasteiger partial charge in [-0.25, -0.2) is 9.59 Å². The van der Waals surface area contributed by atoms with Gasteiger partial charge in [-0.05, 0) is 12.8 Å². The van der Waals surface area contributed by atoms with Gasteiger partial charge in [-0.2, -0.15) is 21.6 Å². The van der Waals surface area contributed by atoms with Crippen LogP contribution in [0.3, 0.4) is 0 Å². The van der Waals surface area contributed by atoms with E-state index in [-0.39, 0.29) is 12.8 Å². The highest BCUT2D eigenvalue weighted by Gasteiger charge is 2.53. The molecule has 0 aliphatic carbocycles. The predicted octanol–water partition coefficient (Wildman–Crippen LogP) is 1.19. The fraction of sp³-hybridized carbons (Fsp3) is 0.636. The molecule has 2 unspecified atom stereocenters. The Bertz CT molecular complexity index is 670. The molecule has 2 aliphatic rings. The Balaban J connectivity index is 2.48. The van der Waals surface area contributed by atoms with Crippen LogP contribution in [0, 0.1) is 0 Å². The highest BCUT2D eigenvalue weighted by molar-refractivity contribution is 7.87. The SMILES string of the molecule is COC(=O)C1=C(OS(=O)(=O)C(F)(F)F)CC2CCC1N2C(=O)O. The van der Waals surface area contributed by atoms with Gasteiger partial charge >= 0.3 is 27.7 Å². The first kappa shape index (κ1) is 17.4. The summed E-state index contributed by atoms with van der Waals surface area (Å²) in [6.07, 6.45) is -1.41. The second-order valence-electron chi connectivity index (χ2n) is 4.95. The number of carbonyl (C=O) groups is 2. The van der Waals surface area contributed by atoms with E-state index < -0.39 is 57.5 Å². The summed E-state index contributed by atoms with van der Waals surface area (Å²) in [7, 11) is -5.02. The maximum absolute atomic E-state index is 12.5. The Morgan fingerprint density at radius 1 is 1.30 bits per heavy atom. The molecule has 1 amide bonds. The number of esters is 1. The van der Waals surface area contributed by atoms with Crippen molar-refractivity contribution in [2.75, 3.05) is 7.11 Å². The molecule has 1 N–H and O–H groups in total. The van der Waals surface area contributed by atoms with Crippen LogP contribution in [0.15, 0.2) is 11.3 Å². The molecular weight excluding hydrogens is 347 g/mol. The van der Waals surface area contributed by atoms with Gasteiger partial charge in [0.2, 0.25) is 0 Å². The van der Waals surface area contributed by atoms with Crippen LogP contribution in [0.25, 0.3) is 0 Å². The van der Waals surface area contributed by atoms with Crippen molar-refractivity contribution in [3.63, 3.8) is 0 Å². The zero-order valence-electron chi connectivity index (χ0n) is 11.7. The Morgan fingerprint density at radius 2 is 1.91 bits per heavy atom. The molecule has 0 aromatic rings. The Morgan fingerprint density at radius 3 is 2.39 bits per heavy atom. The van der Waals surface area contributed by atoms with E-state index in [1.807, 2.05) is 0 Å². The molecule has 2 heterocycles. The quantitative estimate of drug-likeness (QED) is 0.458. The van der Waals surface area contributed by atoms with Crippen LogP contribution >= 0.6 is 0 Å². The van der Waals surface area contributed by atoms with Gasteiger partial charge in [0.05, 0.1) is 18.7 Å². The number of hydrogen-bond acceptors (Lipinski definition) is 6. The molecule has 0 saturated carbocycles. The molecule has 8 nitrogen and oxygen atoms in total. The second-order valence-corrected chi connectivity index (χ2v) is 6.49. The molecule has 1 saturated heterocycles. The predicted molar refractivity (Wildman–Crippen MR) is 66.4 cm³/mol. The number of halogens is 3. The first-order valence-electron chi connectivity index (χ1n) is 6.33. The number of alkyl halides is 3. The fourth-order valence-electron chi connectivity index (χ4n) is 2.78. The van der Waals surface area contributed by atoms with E-state index in [1.165, 1.54) is 0 Å². The number of amides is 1. The van der Waals surface area contributed by atoms with Gasteiger partial charge < -0.3 is 14.0 Å². The minimum absolute atomic E-state index is 0.153. The summed E-state index contributed by atoms with van der Waals surface area (Å²) < 4.78 is 68.2. The number of rotatable bonds is 3. The third-order valence-corrected chi connectivity index (χ3v) is 4.66. The van der Waals surface area contributed by atoms with Gasteiger partial charge in [0.1, 0.15) is 5.76 Å². The second kappa shape index (κ2) is 5.58. The van der Waals surface area contributed by atoms with Crippen molar-refractivity contribution in [3.05, 3.63) is 11.3 Å². The van der Waals surface area contributed by atoms with Gasteiger partial charge in [-0.15, -0.1) is 0 Å². The van der Waals surface area contributed by atoms with Crippen LogP contribution in [0.5, 0.6) is 0 Å². The number of methoxy groups -OCH3 is 1. The molecule has 0 radical (unpaired) electrons. The Kier molecular flexibility index (Phi) is 4.22. The number of fused-ring (bicyclic) bond motifs is 2. The summed E-state index contributed by atoms with van der Waals surface area (Å²) in [4.78, 5) is 24.0. The molecule has 2 rings (SSSR count). The first-order valence-corrected chi connectivity index (χ1v) is 7.73. The smallest absolute Gasteiger partial charge is 0.466 e. The van der Waals surface area contributed by atoms with Crippen molar-refractivity contribution in [3.8, 4) is 0 Å². The lowest BCUT2D eigenvalue weighted by Crippen LogP contribution is -2.47. The molecular formula is C11H12F3NO7S. The molecule has 2 atom stereocenters. The fourth-order valence-corrected chi connectivity index (χ4v) is 3.30. The maximum Gasteiger partial charge on any atom is 0.534 e. The van der Waals surface area contributed by atoms with Crippen LogP contribution in [0.1, 0.15) is 19.3 Å². The lowest BCUT2D eigenvalue weighted by atomic mass is 10.00. The summed E-state index contributed by atoms with van der Waals surface area (Å²) in [6, 6.07) is -1.86. The largest absolute Gasteiger partial charge is 0.534 e. The monoisotopic (exact) mass is 359 g/mol. The standard InChI is InChI=1S/C11H12F3NO7S/c1-21-9(16)8-6-3-2-5(15(6)10(17)18)4-7(8)22-23(19,20)11(12,13)14/h5-6H,2-4H2,1H3,(H,17,18). The lowest BCUT2D eigenvalue weighted by Gasteiger charge is -2.34. The van der Waals surface area contributed by atoms with E-state index in [2.05, 4.69) is 8.92 Å². The molecule has 130 valence electrons. The molecule has 23 heavy (non-hydrogen) atoms. The highest BCUT2D eigenvalue weighted by Crippen LogP contribution is 2.41. The van der Waals surface area contributed by atoms with Gasteiger partial charge in [-0.3, -0.25) is 4.90 Å². The Hall–Kier alpha value is -1.98. The average molecular weight is 359 g/mol. The number of ether oxygens (including phenoxy) is 1. The maximum atomic E-state index is 12.5. The number of carboxylic acid groups (broad SMARTS) is 1. The van der Waals surface area contributed by atoms with E-state index in [1.54, 1.807) is 0 Å². The van der Waals surface area contributed by atoms with Crippen LogP contribution in [-0.2, 0) is 23.8 Å². The summed E-state index contributed by atoms with van der Waals surface area (Å²) in [5.74, 6) is -1.85. The van der Waals surface area contributed by atoms with Crippen molar-refractivity contribution in [2.24, 2.45) is 0 Å². The molecule has 2 aliphatic heterocycles. The van der Waals surface area contributed by atoms with Crippen LogP contribution < -0.4 is 0 Å². The molecule has 0 aromatic carbocycles. The molecule has 1 fully saturated rings. The third-order valence-electron chi connectivity index (χ3n) is 3.68. The highest BCUT2D eigenvalue weighted by atomic mass is 32.2. The van der Waals surface area contributed by atoms with Crippen LogP contribution in [-0.4, -0.2) is 55.2 Å². The third kappa shape index (κ3) is 2.94. The van der Waals surface area contributed by atoms with Crippen LogP contribution in [0.4, 0.5) is 18.0 Å². The molecule has 2 bridgehead atoms. The zero-order chi connectivity index (χ0) is 17.6. The van der Waals surface area contributed by atoms with Crippen LogP contribution in [0.2, 0.25) is 0 Å². The van der Waals surface area contributed by atoms with Crippen molar-refractivity contribution in [2.45, 2.75) is 36.9 Å². The van der Waals surface area contributed by atoms with E-state index in [0.717, 1.165) is 12.0 Å². The van der Waals surface area contributed by atoms with Crippen molar-refractivity contribution < 1.29 is 45.2 Å². The lowest BCUT2D eigenvalue weighted by molar-refractivity contribution is -0.137. The van der Waals surface area contributed by atoms with E-state index in [4.69, 9.17) is 5.11 Å². The van der Waals surface area contributed by atoms with Crippen molar-refractivity contribution in [1.82, 2.24) is 4.90 Å². The first-order chi connectivity index (χ1) is 10.5. The number of carbonyl (C=O) groups excluding carboxylic acids is 1. The van der Waals surface area contributed by atoms with E-state index in [0.29, 0.717) is 0 Å². The summed E-state index contributed by atoms with van der Waals surface area (Å²) in [5.41, 5.74) is -6.18. The Labute approximate surface area is 128 Å². The van der Waals surface area contributed by atoms with Gasteiger partial charge in [0, 0.05) is 12.5 Å².